The van der Waals surface area contributed by atoms with Gasteiger partial charge in [-0.3, -0.25) is 0 Å². The molecule has 0 fully saturated rings. The van der Waals surface area contributed by atoms with Crippen molar-refractivity contribution in [2.75, 3.05) is 11.9 Å². The molecule has 0 radical (unpaired) electrons. The molecule has 4 N–H and O–H groups in total. The van der Waals surface area contributed by atoms with Crippen LogP contribution in [-0.4, -0.2) is 23.7 Å². The van der Waals surface area contributed by atoms with E-state index in [1.54, 1.807) is 0 Å². The maximum Gasteiger partial charge on any atom is 0.315 e. The van der Waals surface area contributed by atoms with E-state index < -0.39 is 6.10 Å². The Morgan fingerprint density at radius 3 is 2.78 bits per heavy atom. The van der Waals surface area contributed by atoms with Crippen LogP contribution in [0.4, 0.5) is 10.5 Å². The molecule has 1 heterocycles. The number of carbonyl (C=O) groups excluding carboxylic acids is 1. The minimum Gasteiger partial charge on any atom is -0.387 e. The molecule has 0 aliphatic rings. The fraction of sp³-hybridized carbons (Fsp3) is 0.353. The van der Waals surface area contributed by atoms with Crippen LogP contribution >= 0.6 is 11.3 Å². The zero-order chi connectivity index (χ0) is 16.7. The highest BCUT2D eigenvalue weighted by Crippen LogP contribution is 2.15. The second kappa shape index (κ2) is 8.55. The lowest BCUT2D eigenvalue weighted by Gasteiger charge is -2.13. The Morgan fingerprint density at radius 2 is 2.09 bits per heavy atom. The highest BCUT2D eigenvalue weighted by atomic mass is 32.1. The molecule has 0 saturated carbocycles. The first-order chi connectivity index (χ1) is 11.0. The molecule has 2 rings (SSSR count). The summed E-state index contributed by atoms with van der Waals surface area (Å²) in [4.78, 5) is 11.8. The average Bonchev–Trinajstić information content (AvgIpc) is 3.05. The van der Waals surface area contributed by atoms with Crippen molar-refractivity contribution < 1.29 is 9.90 Å². The lowest BCUT2D eigenvalue weighted by atomic mass is 10.2. The van der Waals surface area contributed by atoms with Crippen LogP contribution in [-0.2, 0) is 6.54 Å². The average molecular weight is 333 g/mol. The van der Waals surface area contributed by atoms with Crippen LogP contribution in [0.1, 0.15) is 31.1 Å². The zero-order valence-corrected chi connectivity index (χ0v) is 14.2. The van der Waals surface area contributed by atoms with Crippen molar-refractivity contribution in [2.45, 2.75) is 32.5 Å². The van der Waals surface area contributed by atoms with Gasteiger partial charge < -0.3 is 21.1 Å². The third-order valence-electron chi connectivity index (χ3n) is 3.22. The molecule has 0 aliphatic heterocycles. The monoisotopic (exact) mass is 333 g/mol. The van der Waals surface area contributed by atoms with Gasteiger partial charge in [-0.25, -0.2) is 4.79 Å². The number of aliphatic hydroxyl groups is 1. The minimum absolute atomic E-state index is 0.192. The maximum atomic E-state index is 11.8. The highest BCUT2D eigenvalue weighted by molar-refractivity contribution is 7.07. The van der Waals surface area contributed by atoms with Crippen molar-refractivity contribution in [1.82, 2.24) is 10.6 Å². The number of urea groups is 1. The number of nitrogens with one attached hydrogen (secondary N) is 3. The number of aliphatic hydroxyl groups excluding tert-OH is 1. The van der Waals surface area contributed by atoms with E-state index in [-0.39, 0.29) is 12.6 Å². The van der Waals surface area contributed by atoms with Gasteiger partial charge in [-0.2, -0.15) is 11.3 Å². The molecule has 1 aromatic carbocycles. The van der Waals surface area contributed by atoms with E-state index in [4.69, 9.17) is 0 Å². The fourth-order valence-corrected chi connectivity index (χ4v) is 2.83. The lowest BCUT2D eigenvalue weighted by Crippen LogP contribution is -2.37. The van der Waals surface area contributed by atoms with E-state index in [0.717, 1.165) is 16.8 Å². The predicted molar refractivity (Wildman–Crippen MR) is 94.7 cm³/mol. The van der Waals surface area contributed by atoms with Crippen molar-refractivity contribution in [3.05, 3.63) is 52.2 Å². The predicted octanol–water partition coefficient (Wildman–Crippen LogP) is 3.10. The van der Waals surface area contributed by atoms with Crippen molar-refractivity contribution in [3.63, 3.8) is 0 Å². The Bertz CT molecular complexity index is 614. The zero-order valence-electron chi connectivity index (χ0n) is 13.4. The van der Waals surface area contributed by atoms with Crippen LogP contribution in [0.2, 0.25) is 0 Å². The van der Waals surface area contributed by atoms with Crippen LogP contribution in [0.25, 0.3) is 0 Å². The number of carbonyl (C=O) groups is 1. The number of benzene rings is 1. The number of rotatable bonds is 7. The molecule has 1 aromatic heterocycles. The molecule has 124 valence electrons. The summed E-state index contributed by atoms with van der Waals surface area (Å²) in [6.45, 7) is 4.79. The first-order valence-electron chi connectivity index (χ1n) is 7.62. The molecular formula is C17H23N3O2S. The largest absolute Gasteiger partial charge is 0.387 e. The normalized spacial score (nSPS) is 12.0. The quantitative estimate of drug-likeness (QED) is 0.629. The van der Waals surface area contributed by atoms with E-state index in [9.17, 15) is 9.90 Å². The number of thiophene rings is 1. The van der Waals surface area contributed by atoms with Gasteiger partial charge in [0, 0.05) is 24.8 Å². The summed E-state index contributed by atoms with van der Waals surface area (Å²) in [5.74, 6) is 0. The summed E-state index contributed by atoms with van der Waals surface area (Å²) in [6.07, 6.45) is -0.675. The van der Waals surface area contributed by atoms with E-state index in [1.165, 1.54) is 11.3 Å². The van der Waals surface area contributed by atoms with Crippen molar-refractivity contribution >= 4 is 23.1 Å². The minimum atomic E-state index is -0.675. The van der Waals surface area contributed by atoms with Gasteiger partial charge in [0.15, 0.2) is 0 Å². The second-order valence-electron chi connectivity index (χ2n) is 5.64. The van der Waals surface area contributed by atoms with Crippen molar-refractivity contribution in [2.24, 2.45) is 0 Å². The first-order valence-corrected chi connectivity index (χ1v) is 8.56. The molecule has 1 unspecified atom stereocenters. The van der Waals surface area contributed by atoms with Gasteiger partial charge in [0.05, 0.1) is 6.10 Å². The summed E-state index contributed by atoms with van der Waals surface area (Å²) in [7, 11) is 0. The van der Waals surface area contributed by atoms with Gasteiger partial charge in [0.2, 0.25) is 0 Å². The molecule has 1 atom stereocenters. The number of anilines is 1. The molecule has 2 amide bonds. The lowest BCUT2D eigenvalue weighted by molar-refractivity contribution is 0.173. The third kappa shape index (κ3) is 5.92. The second-order valence-corrected chi connectivity index (χ2v) is 6.42. The molecule has 2 aromatic rings. The van der Waals surface area contributed by atoms with E-state index in [1.807, 2.05) is 41.1 Å². The Kier molecular flexibility index (Phi) is 6.43. The van der Waals surface area contributed by atoms with Gasteiger partial charge >= 0.3 is 6.03 Å². The number of hydrogen-bond donors (Lipinski definition) is 4. The standard InChI is InChI=1S/C17H23N3O2S/c1-12(2)20-15-5-3-4-13(8-15)9-18-17(22)19-10-16(21)14-6-7-23-11-14/h3-8,11-12,16,20-21H,9-10H2,1-2H3,(H2,18,19,22). The van der Waals surface area contributed by atoms with Crippen molar-refractivity contribution in [3.8, 4) is 0 Å². The van der Waals surface area contributed by atoms with Crippen molar-refractivity contribution in [1.29, 1.82) is 0 Å². The number of hydrogen-bond acceptors (Lipinski definition) is 4. The molecule has 0 saturated heterocycles. The Hall–Kier alpha value is -2.05. The molecular weight excluding hydrogens is 310 g/mol. The smallest absolute Gasteiger partial charge is 0.315 e. The van der Waals surface area contributed by atoms with Gasteiger partial charge in [-0.05, 0) is 53.9 Å². The van der Waals surface area contributed by atoms with Crippen LogP contribution in [0.3, 0.4) is 0 Å². The Balaban J connectivity index is 1.76. The first kappa shape index (κ1) is 17.3. The van der Waals surface area contributed by atoms with Gasteiger partial charge in [-0.1, -0.05) is 12.1 Å². The van der Waals surface area contributed by atoms with E-state index >= 15 is 0 Å². The summed E-state index contributed by atoms with van der Waals surface area (Å²) in [5, 5.41) is 22.5. The molecule has 0 spiro atoms. The fourth-order valence-electron chi connectivity index (χ4n) is 2.12. The molecule has 0 bridgehead atoms. The highest BCUT2D eigenvalue weighted by Gasteiger charge is 2.09. The molecule has 23 heavy (non-hydrogen) atoms. The van der Waals surface area contributed by atoms with Gasteiger partial charge in [0.25, 0.3) is 0 Å². The van der Waals surface area contributed by atoms with Crippen LogP contribution < -0.4 is 16.0 Å². The molecule has 0 aliphatic carbocycles. The Labute approximate surface area is 140 Å². The van der Waals surface area contributed by atoms with Gasteiger partial charge in [-0.15, -0.1) is 0 Å². The SMILES string of the molecule is CC(C)Nc1cccc(CNC(=O)NCC(O)c2ccsc2)c1. The Morgan fingerprint density at radius 1 is 1.26 bits per heavy atom. The summed E-state index contributed by atoms with van der Waals surface area (Å²) >= 11 is 1.52. The van der Waals surface area contributed by atoms with Gasteiger partial charge in [0.1, 0.15) is 0 Å². The van der Waals surface area contributed by atoms with Crippen LogP contribution in [0, 0.1) is 0 Å². The summed E-state index contributed by atoms with van der Waals surface area (Å²) in [6, 6.07) is 9.86. The molecule has 5 nitrogen and oxygen atoms in total. The third-order valence-corrected chi connectivity index (χ3v) is 3.92. The maximum absolute atomic E-state index is 11.8. The summed E-state index contributed by atoms with van der Waals surface area (Å²) in [5.41, 5.74) is 2.87. The van der Waals surface area contributed by atoms with Crippen LogP contribution in [0.5, 0.6) is 0 Å². The number of amides is 2. The molecule has 6 heteroatoms. The van der Waals surface area contributed by atoms with Crippen LogP contribution in [0.15, 0.2) is 41.1 Å². The van der Waals surface area contributed by atoms with E-state index in [0.29, 0.717) is 12.6 Å². The summed E-state index contributed by atoms with van der Waals surface area (Å²) < 4.78 is 0. The van der Waals surface area contributed by atoms with E-state index in [2.05, 4.69) is 29.8 Å². The topological polar surface area (TPSA) is 73.4 Å².